The number of aromatic nitrogens is 3. The zero-order valence-electron chi connectivity index (χ0n) is 12.8. The van der Waals surface area contributed by atoms with E-state index in [0.29, 0.717) is 16.7 Å². The SMILES string of the molecule is O=C(O)CC(=S)c1nnc(-c2ccc(S)cc2)n1-c1ccc(Cl)cc1. The topological polar surface area (TPSA) is 68.0 Å². The molecule has 5 nitrogen and oxygen atoms in total. The maximum absolute atomic E-state index is 11.0. The molecule has 0 saturated carbocycles. The number of thiocarbonyl (C=S) groups is 1. The fourth-order valence-corrected chi connectivity index (χ4v) is 2.84. The van der Waals surface area contributed by atoms with Gasteiger partial charge in [-0.1, -0.05) is 36.0 Å². The highest BCUT2D eigenvalue weighted by atomic mass is 35.5. The summed E-state index contributed by atoms with van der Waals surface area (Å²) in [6.45, 7) is 0. The van der Waals surface area contributed by atoms with Crippen molar-refractivity contribution >= 4 is 47.3 Å². The van der Waals surface area contributed by atoms with Gasteiger partial charge in [0.05, 0.1) is 11.3 Å². The molecule has 0 amide bonds. The van der Waals surface area contributed by atoms with E-state index in [1.54, 1.807) is 28.8 Å². The lowest BCUT2D eigenvalue weighted by atomic mass is 10.2. The van der Waals surface area contributed by atoms with Crippen molar-refractivity contribution in [3.8, 4) is 17.1 Å². The van der Waals surface area contributed by atoms with E-state index in [2.05, 4.69) is 22.8 Å². The first-order valence-corrected chi connectivity index (χ1v) is 8.45. The van der Waals surface area contributed by atoms with Gasteiger partial charge < -0.3 is 5.11 Å². The van der Waals surface area contributed by atoms with Crippen molar-refractivity contribution in [3.63, 3.8) is 0 Å². The Balaban J connectivity index is 2.17. The fourth-order valence-electron chi connectivity index (χ4n) is 2.31. The Morgan fingerprint density at radius 1 is 1.12 bits per heavy atom. The molecular weight excluding hydrogens is 378 g/mol. The van der Waals surface area contributed by atoms with E-state index in [9.17, 15) is 4.79 Å². The molecule has 0 aliphatic rings. The number of thiol groups is 1. The van der Waals surface area contributed by atoms with Gasteiger partial charge >= 0.3 is 5.97 Å². The molecule has 2 aromatic carbocycles. The third-order valence-corrected chi connectivity index (χ3v) is 4.31. The van der Waals surface area contributed by atoms with Crippen LogP contribution in [0.2, 0.25) is 5.02 Å². The molecule has 0 fully saturated rings. The molecule has 0 radical (unpaired) electrons. The zero-order chi connectivity index (χ0) is 18.0. The quantitative estimate of drug-likeness (QED) is 0.391. The van der Waals surface area contributed by atoms with Gasteiger partial charge in [0.1, 0.15) is 0 Å². The number of carboxylic acid groups (broad SMARTS) is 1. The van der Waals surface area contributed by atoms with Crippen LogP contribution in [0.25, 0.3) is 17.1 Å². The van der Waals surface area contributed by atoms with Gasteiger partial charge in [0, 0.05) is 21.2 Å². The standard InChI is InChI=1S/C17H12ClN3O2S2/c18-11-3-5-12(6-4-11)21-16(10-1-7-13(24)8-2-10)19-20-17(21)14(25)9-15(22)23/h1-8,24H,9H2,(H,22,23). The van der Waals surface area contributed by atoms with Crippen LogP contribution in [-0.2, 0) is 4.79 Å². The Labute approximate surface area is 159 Å². The maximum atomic E-state index is 11.0. The van der Waals surface area contributed by atoms with E-state index in [4.69, 9.17) is 28.9 Å². The summed E-state index contributed by atoms with van der Waals surface area (Å²) in [7, 11) is 0. The first kappa shape index (κ1) is 17.6. The van der Waals surface area contributed by atoms with E-state index < -0.39 is 5.97 Å². The highest BCUT2D eigenvalue weighted by Crippen LogP contribution is 2.25. The molecule has 0 bridgehead atoms. The van der Waals surface area contributed by atoms with Gasteiger partial charge in [0.15, 0.2) is 11.6 Å². The second-order valence-electron chi connectivity index (χ2n) is 5.20. The lowest BCUT2D eigenvalue weighted by molar-refractivity contribution is -0.135. The Kier molecular flexibility index (Phi) is 5.17. The largest absolute Gasteiger partial charge is 0.481 e. The third kappa shape index (κ3) is 3.89. The molecule has 0 aliphatic heterocycles. The summed E-state index contributed by atoms with van der Waals surface area (Å²) in [5.41, 5.74) is 1.55. The Hall–Kier alpha value is -2.22. The Bertz CT molecular complexity index is 938. The van der Waals surface area contributed by atoms with Gasteiger partial charge in [-0.3, -0.25) is 9.36 Å². The molecule has 0 aliphatic carbocycles. The van der Waals surface area contributed by atoms with Crippen molar-refractivity contribution in [1.82, 2.24) is 14.8 Å². The van der Waals surface area contributed by atoms with Gasteiger partial charge in [-0.25, -0.2) is 0 Å². The maximum Gasteiger partial charge on any atom is 0.308 e. The van der Waals surface area contributed by atoms with Gasteiger partial charge in [0.2, 0.25) is 0 Å². The van der Waals surface area contributed by atoms with Crippen molar-refractivity contribution in [2.75, 3.05) is 0 Å². The number of rotatable bonds is 5. The summed E-state index contributed by atoms with van der Waals surface area (Å²) < 4.78 is 1.73. The summed E-state index contributed by atoms with van der Waals surface area (Å²) in [5, 5.41) is 18.0. The Morgan fingerprint density at radius 3 is 2.36 bits per heavy atom. The van der Waals surface area contributed by atoms with Crippen molar-refractivity contribution in [3.05, 3.63) is 59.4 Å². The number of benzene rings is 2. The predicted molar refractivity (Wildman–Crippen MR) is 103 cm³/mol. The summed E-state index contributed by atoms with van der Waals surface area (Å²) in [5.74, 6) is -0.139. The minimum atomic E-state index is -1.02. The van der Waals surface area contributed by atoms with Gasteiger partial charge in [-0.2, -0.15) is 0 Å². The number of hydrogen-bond acceptors (Lipinski definition) is 5. The highest BCUT2D eigenvalue weighted by molar-refractivity contribution is 7.81. The number of hydrogen-bond donors (Lipinski definition) is 2. The zero-order valence-corrected chi connectivity index (χ0v) is 15.2. The molecule has 3 rings (SSSR count). The lowest BCUT2D eigenvalue weighted by Gasteiger charge is -2.11. The van der Waals surface area contributed by atoms with E-state index >= 15 is 0 Å². The van der Waals surface area contributed by atoms with E-state index in [1.807, 2.05) is 24.3 Å². The molecule has 1 heterocycles. The van der Waals surface area contributed by atoms with Crippen molar-refractivity contribution in [2.45, 2.75) is 11.3 Å². The lowest BCUT2D eigenvalue weighted by Crippen LogP contribution is -2.13. The van der Waals surface area contributed by atoms with Crippen LogP contribution in [0.1, 0.15) is 12.2 Å². The average Bonchev–Trinajstić information content (AvgIpc) is 3.00. The molecule has 8 heteroatoms. The van der Waals surface area contributed by atoms with Crippen LogP contribution in [0.3, 0.4) is 0 Å². The summed E-state index contributed by atoms with van der Waals surface area (Å²) >= 11 is 15.5. The molecular formula is C17H12ClN3O2S2. The normalized spacial score (nSPS) is 10.6. The van der Waals surface area contributed by atoms with Gasteiger partial charge in [-0.05, 0) is 36.4 Å². The van der Waals surface area contributed by atoms with E-state index in [1.165, 1.54) is 0 Å². The molecule has 0 atom stereocenters. The number of carbonyl (C=O) groups is 1. The number of aliphatic carboxylic acids is 1. The minimum absolute atomic E-state index is 0.201. The van der Waals surface area contributed by atoms with E-state index in [-0.39, 0.29) is 11.3 Å². The highest BCUT2D eigenvalue weighted by Gasteiger charge is 2.20. The van der Waals surface area contributed by atoms with Crippen molar-refractivity contribution < 1.29 is 9.90 Å². The average molecular weight is 390 g/mol. The minimum Gasteiger partial charge on any atom is -0.481 e. The van der Waals surface area contributed by atoms with Crippen LogP contribution < -0.4 is 0 Å². The smallest absolute Gasteiger partial charge is 0.308 e. The van der Waals surface area contributed by atoms with Crippen LogP contribution >= 0.6 is 36.4 Å². The van der Waals surface area contributed by atoms with Crippen LogP contribution in [0.15, 0.2) is 53.4 Å². The second kappa shape index (κ2) is 7.35. The van der Waals surface area contributed by atoms with Crippen molar-refractivity contribution in [1.29, 1.82) is 0 Å². The number of nitrogens with zero attached hydrogens (tertiary/aromatic N) is 3. The fraction of sp³-hybridized carbons (Fsp3) is 0.0588. The predicted octanol–water partition coefficient (Wildman–Crippen LogP) is 4.07. The summed E-state index contributed by atoms with van der Waals surface area (Å²) in [6.07, 6.45) is -0.295. The van der Waals surface area contributed by atoms with Crippen LogP contribution in [0.4, 0.5) is 0 Å². The van der Waals surface area contributed by atoms with Crippen LogP contribution in [0.5, 0.6) is 0 Å². The number of carboxylic acids is 1. The number of halogens is 1. The molecule has 25 heavy (non-hydrogen) atoms. The summed E-state index contributed by atoms with van der Waals surface area (Å²) in [4.78, 5) is 12.0. The molecule has 0 spiro atoms. The summed E-state index contributed by atoms with van der Waals surface area (Å²) in [6, 6.07) is 14.5. The second-order valence-corrected chi connectivity index (χ2v) is 6.65. The molecule has 126 valence electrons. The van der Waals surface area contributed by atoms with Crippen molar-refractivity contribution in [2.24, 2.45) is 0 Å². The molecule has 0 unspecified atom stereocenters. The first-order valence-electron chi connectivity index (χ1n) is 7.21. The molecule has 1 N–H and O–H groups in total. The van der Waals surface area contributed by atoms with Crippen LogP contribution in [-0.4, -0.2) is 30.7 Å². The van der Waals surface area contributed by atoms with Gasteiger partial charge in [0.25, 0.3) is 0 Å². The first-order chi connectivity index (χ1) is 12.0. The van der Waals surface area contributed by atoms with Crippen LogP contribution in [0, 0.1) is 0 Å². The Morgan fingerprint density at radius 2 is 1.76 bits per heavy atom. The van der Waals surface area contributed by atoms with E-state index in [0.717, 1.165) is 16.1 Å². The third-order valence-electron chi connectivity index (χ3n) is 3.43. The molecule has 3 aromatic rings. The monoisotopic (exact) mass is 389 g/mol. The van der Waals surface area contributed by atoms with Gasteiger partial charge in [-0.15, -0.1) is 22.8 Å². The molecule has 1 aromatic heterocycles. The molecule has 0 saturated heterocycles.